The normalized spacial score (nSPS) is 11.6. The van der Waals surface area contributed by atoms with Crippen LogP contribution in [0, 0.1) is 6.92 Å². The van der Waals surface area contributed by atoms with Crippen LogP contribution in [-0.4, -0.2) is 28.8 Å². The van der Waals surface area contributed by atoms with Gasteiger partial charge in [-0.3, -0.25) is 0 Å². The Morgan fingerprint density at radius 3 is 2.69 bits per heavy atom. The van der Waals surface area contributed by atoms with E-state index in [4.69, 9.17) is 9.47 Å². The van der Waals surface area contributed by atoms with Crippen molar-refractivity contribution in [2.75, 3.05) is 14.2 Å². The lowest BCUT2D eigenvalue weighted by atomic mass is 10.3. The lowest BCUT2D eigenvalue weighted by Gasteiger charge is -2.07. The summed E-state index contributed by atoms with van der Waals surface area (Å²) in [6, 6.07) is 1.99. The Hall–Kier alpha value is -0.980. The van der Waals surface area contributed by atoms with Crippen molar-refractivity contribution in [3.63, 3.8) is 0 Å². The summed E-state index contributed by atoms with van der Waals surface area (Å²) in [5.74, 6) is 0.520. The van der Waals surface area contributed by atoms with Gasteiger partial charge in [-0.05, 0) is 34.5 Å². The summed E-state index contributed by atoms with van der Waals surface area (Å²) in [5.41, 5.74) is 1.84. The minimum atomic E-state index is -0.530. The van der Waals surface area contributed by atoms with Gasteiger partial charge >= 0.3 is 0 Å². The van der Waals surface area contributed by atoms with Crippen molar-refractivity contribution in [1.82, 2.24) is 14.6 Å². The minimum absolute atomic E-state index is 0.520. The zero-order valence-electron chi connectivity index (χ0n) is 9.27. The molecule has 0 aliphatic carbocycles. The summed E-state index contributed by atoms with van der Waals surface area (Å²) in [5, 5.41) is 4.30. The van der Waals surface area contributed by atoms with Gasteiger partial charge in [0.15, 0.2) is 5.65 Å². The van der Waals surface area contributed by atoms with Crippen LogP contribution in [0.15, 0.2) is 16.7 Å². The third-order valence-corrected chi connectivity index (χ3v) is 2.67. The molecule has 2 heterocycles. The highest BCUT2D eigenvalue weighted by Crippen LogP contribution is 2.19. The van der Waals surface area contributed by atoms with Crippen LogP contribution >= 0.6 is 15.9 Å². The number of ether oxygens (including phenoxy) is 2. The number of hydrogen-bond donors (Lipinski definition) is 0. The van der Waals surface area contributed by atoms with E-state index < -0.39 is 6.29 Å². The molecule has 0 saturated heterocycles. The molecule has 16 heavy (non-hydrogen) atoms. The predicted octanol–water partition coefficient (Wildman–Crippen LogP) is 2.09. The number of halogens is 1. The Balaban J connectivity index is 2.55. The van der Waals surface area contributed by atoms with E-state index in [9.17, 15) is 0 Å². The maximum absolute atomic E-state index is 5.11. The highest BCUT2D eigenvalue weighted by molar-refractivity contribution is 9.10. The van der Waals surface area contributed by atoms with Crippen molar-refractivity contribution in [3.05, 3.63) is 28.1 Å². The second-order valence-electron chi connectivity index (χ2n) is 3.38. The largest absolute Gasteiger partial charge is 0.349 e. The van der Waals surface area contributed by atoms with E-state index in [0.717, 1.165) is 15.7 Å². The lowest BCUT2D eigenvalue weighted by Crippen LogP contribution is -2.05. The van der Waals surface area contributed by atoms with Gasteiger partial charge in [-0.25, -0.2) is 9.50 Å². The Labute approximate surface area is 102 Å². The summed E-state index contributed by atoms with van der Waals surface area (Å²) in [6.45, 7) is 1.98. The van der Waals surface area contributed by atoms with Crippen LogP contribution in [0.25, 0.3) is 5.65 Å². The van der Waals surface area contributed by atoms with Crippen molar-refractivity contribution >= 4 is 21.6 Å². The lowest BCUT2D eigenvalue weighted by molar-refractivity contribution is -0.111. The maximum atomic E-state index is 5.11. The first kappa shape index (κ1) is 11.5. The van der Waals surface area contributed by atoms with E-state index in [1.807, 2.05) is 19.2 Å². The van der Waals surface area contributed by atoms with Crippen molar-refractivity contribution < 1.29 is 9.47 Å². The molecular weight excluding hydrogens is 274 g/mol. The van der Waals surface area contributed by atoms with Crippen molar-refractivity contribution in [2.45, 2.75) is 13.2 Å². The van der Waals surface area contributed by atoms with Crippen molar-refractivity contribution in [2.24, 2.45) is 0 Å². The van der Waals surface area contributed by atoms with E-state index in [0.29, 0.717) is 5.82 Å². The highest BCUT2D eigenvalue weighted by Gasteiger charge is 2.16. The Kier molecular flexibility index (Phi) is 3.22. The molecular formula is C10H12BrN3O2. The van der Waals surface area contributed by atoms with Crippen LogP contribution in [0.5, 0.6) is 0 Å². The second kappa shape index (κ2) is 4.48. The zero-order valence-corrected chi connectivity index (χ0v) is 10.9. The van der Waals surface area contributed by atoms with Gasteiger partial charge in [-0.15, -0.1) is 5.10 Å². The average molecular weight is 286 g/mol. The number of aromatic nitrogens is 3. The fourth-order valence-electron chi connectivity index (χ4n) is 1.53. The molecule has 2 rings (SSSR count). The molecule has 0 aliphatic rings. The predicted molar refractivity (Wildman–Crippen MR) is 62.2 cm³/mol. The van der Waals surface area contributed by atoms with Gasteiger partial charge < -0.3 is 9.47 Å². The number of rotatable bonds is 3. The van der Waals surface area contributed by atoms with E-state index in [1.54, 1.807) is 18.7 Å². The molecule has 5 nitrogen and oxygen atoms in total. The third kappa shape index (κ3) is 1.95. The molecule has 86 valence electrons. The number of fused-ring (bicyclic) bond motifs is 1. The Morgan fingerprint density at radius 1 is 1.38 bits per heavy atom. The molecule has 2 aromatic heterocycles. The van der Waals surface area contributed by atoms with Crippen LogP contribution in [0.4, 0.5) is 0 Å². The molecule has 2 aromatic rings. The van der Waals surface area contributed by atoms with Gasteiger partial charge in [0.2, 0.25) is 12.1 Å². The quantitative estimate of drug-likeness (QED) is 0.811. The van der Waals surface area contributed by atoms with Gasteiger partial charge in [0.05, 0.1) is 0 Å². The maximum Gasteiger partial charge on any atom is 0.220 e. The molecule has 0 aliphatic heterocycles. The van der Waals surface area contributed by atoms with Crippen molar-refractivity contribution in [3.8, 4) is 0 Å². The van der Waals surface area contributed by atoms with E-state index in [-0.39, 0.29) is 0 Å². The molecule has 0 aromatic carbocycles. The molecule has 0 bridgehead atoms. The van der Waals surface area contributed by atoms with E-state index in [2.05, 4.69) is 26.0 Å². The Bertz CT molecular complexity index is 508. The fraction of sp³-hybridized carbons (Fsp3) is 0.400. The molecule has 0 N–H and O–H groups in total. The number of pyridine rings is 1. The molecule has 0 atom stereocenters. The molecule has 6 heteroatoms. The topological polar surface area (TPSA) is 48.7 Å². The molecule has 0 unspecified atom stereocenters. The first-order valence-corrected chi connectivity index (χ1v) is 5.53. The van der Waals surface area contributed by atoms with Gasteiger partial charge in [0, 0.05) is 24.9 Å². The number of methoxy groups -OCH3 is 2. The van der Waals surface area contributed by atoms with Crippen LogP contribution < -0.4 is 0 Å². The van der Waals surface area contributed by atoms with Crippen LogP contribution in [0.3, 0.4) is 0 Å². The average Bonchev–Trinajstić information content (AvgIpc) is 2.63. The van der Waals surface area contributed by atoms with Gasteiger partial charge in [0.1, 0.15) is 0 Å². The molecule has 0 spiro atoms. The summed E-state index contributed by atoms with van der Waals surface area (Å²) >= 11 is 3.41. The first-order chi connectivity index (χ1) is 7.65. The Morgan fingerprint density at radius 2 is 2.06 bits per heavy atom. The van der Waals surface area contributed by atoms with Crippen LogP contribution in [0.2, 0.25) is 0 Å². The van der Waals surface area contributed by atoms with Gasteiger partial charge in [0.25, 0.3) is 0 Å². The molecule has 0 radical (unpaired) electrons. The standard InChI is InChI=1S/C10H12BrN3O2/c1-6-4-7(11)5-14-9(6)12-8(13-14)10(15-2)16-3/h4-5,10H,1-3H3. The number of nitrogens with zero attached hydrogens (tertiary/aromatic N) is 3. The smallest absolute Gasteiger partial charge is 0.220 e. The summed E-state index contributed by atoms with van der Waals surface area (Å²) in [4.78, 5) is 4.38. The molecule has 0 fully saturated rings. The summed E-state index contributed by atoms with van der Waals surface area (Å²) < 4.78 is 12.9. The van der Waals surface area contributed by atoms with Gasteiger partial charge in [-0.2, -0.15) is 0 Å². The SMILES string of the molecule is COC(OC)c1nc2c(C)cc(Br)cn2n1. The first-order valence-electron chi connectivity index (χ1n) is 4.73. The molecule has 0 amide bonds. The van der Waals surface area contributed by atoms with E-state index >= 15 is 0 Å². The summed E-state index contributed by atoms with van der Waals surface area (Å²) in [6.07, 6.45) is 1.32. The highest BCUT2D eigenvalue weighted by atomic mass is 79.9. The van der Waals surface area contributed by atoms with Crippen molar-refractivity contribution in [1.29, 1.82) is 0 Å². The molecule has 0 saturated carbocycles. The van der Waals surface area contributed by atoms with Crippen LogP contribution in [0.1, 0.15) is 17.7 Å². The van der Waals surface area contributed by atoms with Crippen LogP contribution in [-0.2, 0) is 9.47 Å². The fourth-order valence-corrected chi connectivity index (χ4v) is 2.07. The minimum Gasteiger partial charge on any atom is -0.349 e. The third-order valence-electron chi connectivity index (χ3n) is 2.24. The second-order valence-corrected chi connectivity index (χ2v) is 4.30. The van der Waals surface area contributed by atoms with Gasteiger partial charge in [-0.1, -0.05) is 0 Å². The van der Waals surface area contributed by atoms with E-state index in [1.165, 1.54) is 0 Å². The monoisotopic (exact) mass is 285 g/mol. The summed E-state index contributed by atoms with van der Waals surface area (Å²) in [7, 11) is 3.12. The number of hydrogen-bond acceptors (Lipinski definition) is 4. The zero-order chi connectivity index (χ0) is 11.7. The number of aryl methyl sites for hydroxylation is 1.